The molecule has 0 bridgehead atoms. The highest BCUT2D eigenvalue weighted by molar-refractivity contribution is 6.16. The molecule has 2 aromatic heterocycles. The fourth-order valence-electron chi connectivity index (χ4n) is 4.56. The van der Waals surface area contributed by atoms with Gasteiger partial charge in [0, 0.05) is 5.56 Å². The van der Waals surface area contributed by atoms with E-state index in [1.807, 2.05) is 30.4 Å². The van der Waals surface area contributed by atoms with Gasteiger partial charge in [-0.25, -0.2) is 19.3 Å². The Morgan fingerprint density at radius 1 is 1.12 bits per heavy atom. The van der Waals surface area contributed by atoms with Crippen LogP contribution in [0.5, 0.6) is 5.75 Å². The van der Waals surface area contributed by atoms with E-state index in [4.69, 9.17) is 20.9 Å². The molecule has 208 valence electrons. The maximum absolute atomic E-state index is 15.0. The van der Waals surface area contributed by atoms with Gasteiger partial charge < -0.3 is 15.8 Å². The third-order valence-electron chi connectivity index (χ3n) is 6.50. The minimum atomic E-state index is -1.26. The number of rotatable bonds is 8. The molecule has 2 heterocycles. The summed E-state index contributed by atoms with van der Waals surface area (Å²) in [6.07, 6.45) is 9.23. The van der Waals surface area contributed by atoms with E-state index < -0.39 is 23.4 Å². The lowest BCUT2D eigenvalue weighted by atomic mass is 10.0. The second kappa shape index (κ2) is 11.5. The molecular formula is C30H27F2N7O2. The molecule has 9 nitrogen and oxygen atoms in total. The van der Waals surface area contributed by atoms with Crippen LogP contribution in [0.15, 0.2) is 65.7 Å². The van der Waals surface area contributed by atoms with E-state index in [-0.39, 0.29) is 40.7 Å². The number of fused-ring (bicyclic) bond motifs is 1. The number of anilines is 2. The van der Waals surface area contributed by atoms with Gasteiger partial charge in [-0.3, -0.25) is 14.8 Å². The summed E-state index contributed by atoms with van der Waals surface area (Å²) in [5.41, 5.74) is 6.66. The molecule has 2 aromatic carbocycles. The van der Waals surface area contributed by atoms with Crippen molar-refractivity contribution in [2.75, 3.05) is 17.7 Å². The number of para-hydroxylation sites is 1. The van der Waals surface area contributed by atoms with Crippen LogP contribution in [0.25, 0.3) is 17.8 Å². The van der Waals surface area contributed by atoms with Crippen molar-refractivity contribution in [2.45, 2.75) is 26.3 Å². The molecule has 0 saturated carbocycles. The minimum absolute atomic E-state index is 0.0343. The number of aromatic nitrogens is 4. The first-order chi connectivity index (χ1) is 19.8. The highest BCUT2D eigenvalue weighted by Crippen LogP contribution is 2.30. The lowest BCUT2D eigenvalue weighted by Crippen LogP contribution is -2.30. The molecule has 0 saturated heterocycles. The summed E-state index contributed by atoms with van der Waals surface area (Å²) >= 11 is 0. The van der Waals surface area contributed by atoms with E-state index in [2.05, 4.69) is 15.3 Å². The molecule has 11 heteroatoms. The van der Waals surface area contributed by atoms with Crippen molar-refractivity contribution in [3.63, 3.8) is 0 Å². The quantitative estimate of drug-likeness (QED) is 0.251. The Morgan fingerprint density at radius 3 is 2.63 bits per heavy atom. The van der Waals surface area contributed by atoms with E-state index in [1.165, 1.54) is 23.0 Å². The number of nitrogens with one attached hydrogen (secondary N) is 2. The van der Waals surface area contributed by atoms with E-state index in [0.717, 1.165) is 0 Å². The molecule has 5 rings (SSSR count). The van der Waals surface area contributed by atoms with Gasteiger partial charge in [0.05, 0.1) is 40.9 Å². The van der Waals surface area contributed by atoms with Crippen LogP contribution in [0.4, 0.5) is 20.4 Å². The van der Waals surface area contributed by atoms with Crippen LogP contribution in [-0.2, 0) is 0 Å². The minimum Gasteiger partial charge on any atom is -0.491 e. The van der Waals surface area contributed by atoms with E-state index >= 15 is 4.39 Å². The van der Waals surface area contributed by atoms with Gasteiger partial charge >= 0.3 is 0 Å². The number of nitrogen functional groups attached to an aromatic ring is 1. The van der Waals surface area contributed by atoms with Crippen LogP contribution in [0.2, 0.25) is 0 Å². The highest BCUT2D eigenvalue weighted by Gasteiger charge is 2.26. The van der Waals surface area contributed by atoms with Crippen LogP contribution in [0.3, 0.4) is 0 Å². The zero-order valence-electron chi connectivity index (χ0n) is 22.4. The summed E-state index contributed by atoms with van der Waals surface area (Å²) in [7, 11) is 0. The average molecular weight is 556 g/mol. The van der Waals surface area contributed by atoms with Gasteiger partial charge in [-0.15, -0.1) is 0 Å². The Labute approximate surface area is 234 Å². The molecule has 0 amide bonds. The van der Waals surface area contributed by atoms with Crippen molar-refractivity contribution in [1.29, 1.82) is 5.41 Å². The van der Waals surface area contributed by atoms with Gasteiger partial charge in [-0.2, -0.15) is 4.39 Å². The van der Waals surface area contributed by atoms with E-state index in [0.29, 0.717) is 29.2 Å². The first-order valence-corrected chi connectivity index (χ1v) is 12.9. The summed E-state index contributed by atoms with van der Waals surface area (Å²) in [6, 6.07) is 10.9. The monoisotopic (exact) mass is 555 g/mol. The fourth-order valence-corrected chi connectivity index (χ4v) is 4.56. The smallest absolute Gasteiger partial charge is 0.266 e. The lowest BCUT2D eigenvalue weighted by Gasteiger charge is -2.22. The summed E-state index contributed by atoms with van der Waals surface area (Å²) in [5.74, 6) is -2.39. The van der Waals surface area contributed by atoms with Gasteiger partial charge in [0.2, 0.25) is 5.82 Å². The predicted octanol–water partition coefficient (Wildman–Crippen LogP) is 5.30. The Bertz CT molecular complexity index is 1750. The molecule has 0 spiro atoms. The standard InChI is InChI=1S/C30H27F2N7O2/c1-3-41-22-15-14-20(24(31)25(22)32)26(33)23-27(34)35-16-36-28(23)37-17(2)29-38-21-13-9-5-8-12-19(21)30(40)39(29)18-10-6-4-7-11-18/h4,6-17,33H,3,5H2,1-2H3,(H3,34,35,36,37). The summed E-state index contributed by atoms with van der Waals surface area (Å²) in [4.78, 5) is 26.8. The number of halogens is 2. The Morgan fingerprint density at radius 2 is 1.88 bits per heavy atom. The third kappa shape index (κ3) is 5.21. The number of hydrogen-bond donors (Lipinski definition) is 3. The predicted molar refractivity (Wildman–Crippen MR) is 154 cm³/mol. The largest absolute Gasteiger partial charge is 0.491 e. The van der Waals surface area contributed by atoms with Crippen molar-refractivity contribution >= 4 is 29.5 Å². The zero-order valence-corrected chi connectivity index (χ0v) is 22.4. The number of allylic oxidation sites excluding steroid dienone is 2. The maximum atomic E-state index is 15.0. The summed E-state index contributed by atoms with van der Waals surface area (Å²) in [5, 5.41) is 11.9. The number of nitrogens with zero attached hydrogens (tertiary/aromatic N) is 4. The molecule has 4 aromatic rings. The first-order valence-electron chi connectivity index (χ1n) is 12.9. The molecule has 0 fully saturated rings. The number of hydrogen-bond acceptors (Lipinski definition) is 8. The van der Waals surface area contributed by atoms with Crippen molar-refractivity contribution in [1.82, 2.24) is 19.5 Å². The Balaban J connectivity index is 1.60. The van der Waals surface area contributed by atoms with Crippen molar-refractivity contribution < 1.29 is 13.5 Å². The van der Waals surface area contributed by atoms with Gasteiger partial charge in [0.25, 0.3) is 5.56 Å². The molecule has 1 aliphatic rings. The summed E-state index contributed by atoms with van der Waals surface area (Å²) in [6.45, 7) is 3.57. The van der Waals surface area contributed by atoms with Gasteiger partial charge in [-0.05, 0) is 50.6 Å². The molecule has 0 radical (unpaired) electrons. The summed E-state index contributed by atoms with van der Waals surface area (Å²) < 4.78 is 36.3. The van der Waals surface area contributed by atoms with Crippen molar-refractivity contribution in [3.05, 3.63) is 111 Å². The lowest BCUT2D eigenvalue weighted by molar-refractivity contribution is 0.314. The second-order valence-corrected chi connectivity index (χ2v) is 9.18. The fraction of sp³-hybridized carbons (Fsp3) is 0.167. The number of benzene rings is 2. The number of ether oxygens (including phenoxy) is 1. The Kier molecular flexibility index (Phi) is 7.68. The molecule has 1 atom stereocenters. The van der Waals surface area contributed by atoms with E-state index in [9.17, 15) is 9.18 Å². The molecule has 1 unspecified atom stereocenters. The molecule has 4 N–H and O–H groups in total. The topological polar surface area (TPSA) is 132 Å². The molecule has 0 aliphatic heterocycles. The van der Waals surface area contributed by atoms with Crippen LogP contribution in [-0.4, -0.2) is 31.8 Å². The van der Waals surface area contributed by atoms with Gasteiger partial charge in [-0.1, -0.05) is 36.4 Å². The molecular weight excluding hydrogens is 528 g/mol. The maximum Gasteiger partial charge on any atom is 0.266 e. The first kappa shape index (κ1) is 27.4. The van der Waals surface area contributed by atoms with Crippen molar-refractivity contribution in [3.8, 4) is 11.4 Å². The van der Waals surface area contributed by atoms with Crippen LogP contribution < -0.4 is 21.3 Å². The Hall–Kier alpha value is -5.19. The molecule has 1 aliphatic carbocycles. The third-order valence-corrected chi connectivity index (χ3v) is 6.50. The molecule has 41 heavy (non-hydrogen) atoms. The van der Waals surface area contributed by atoms with Gasteiger partial charge in [0.15, 0.2) is 11.6 Å². The van der Waals surface area contributed by atoms with E-state index in [1.54, 1.807) is 38.1 Å². The van der Waals surface area contributed by atoms with Crippen LogP contribution in [0.1, 0.15) is 54.5 Å². The average Bonchev–Trinajstić information content (AvgIpc) is 3.22. The van der Waals surface area contributed by atoms with Crippen LogP contribution in [0, 0.1) is 17.0 Å². The SMILES string of the molecule is CCOc1ccc(C(=N)c2c(N)ncnc2NC(C)c2nc3c(c(=O)n2-c2ccccc2)C=CCC=C3)c(F)c1F. The second-order valence-electron chi connectivity index (χ2n) is 9.18. The van der Waals surface area contributed by atoms with Gasteiger partial charge in [0.1, 0.15) is 23.8 Å². The highest BCUT2D eigenvalue weighted by atomic mass is 19.2. The number of nitrogens with two attached hydrogens (primary N) is 1. The zero-order chi connectivity index (χ0) is 29.1. The normalized spacial score (nSPS) is 12.9. The van der Waals surface area contributed by atoms with Crippen molar-refractivity contribution in [2.24, 2.45) is 0 Å². The van der Waals surface area contributed by atoms with Crippen LogP contribution >= 0.6 is 0 Å².